The first kappa shape index (κ1) is 15.9. The molecule has 0 unspecified atom stereocenters. The number of ether oxygens (including phenoxy) is 2. The molecule has 6 heteroatoms. The Hall–Kier alpha value is -1.95. The van der Waals surface area contributed by atoms with Crippen LogP contribution in [-0.2, 0) is 0 Å². The van der Waals surface area contributed by atoms with E-state index in [1.165, 1.54) is 0 Å². The smallest absolute Gasteiger partial charge is 0.179 e. The molecule has 1 aromatic heterocycles. The van der Waals surface area contributed by atoms with Crippen molar-refractivity contribution in [3.8, 4) is 11.5 Å². The molecular weight excluding hydrogens is 318 g/mol. The van der Waals surface area contributed by atoms with Gasteiger partial charge in [0.25, 0.3) is 0 Å². The summed E-state index contributed by atoms with van der Waals surface area (Å²) in [5.74, 6) is 1.92. The van der Waals surface area contributed by atoms with Crippen molar-refractivity contribution in [2.75, 3.05) is 26.3 Å². The van der Waals surface area contributed by atoms with Crippen molar-refractivity contribution in [1.29, 1.82) is 0 Å². The van der Waals surface area contributed by atoms with Crippen molar-refractivity contribution in [3.05, 3.63) is 53.0 Å². The lowest BCUT2D eigenvalue weighted by molar-refractivity contribution is 0.164. The van der Waals surface area contributed by atoms with E-state index in [9.17, 15) is 5.11 Å². The first-order valence-electron chi connectivity index (χ1n) is 7.42. The van der Waals surface area contributed by atoms with Crippen molar-refractivity contribution in [3.63, 3.8) is 0 Å². The molecule has 0 spiro atoms. The largest absolute Gasteiger partial charge is 0.486 e. The van der Waals surface area contributed by atoms with Crippen LogP contribution in [0.2, 0.25) is 5.02 Å². The Labute approximate surface area is 139 Å². The molecule has 2 N–H and O–H groups in total. The zero-order valence-corrected chi connectivity index (χ0v) is 13.3. The molecule has 0 amide bonds. The van der Waals surface area contributed by atoms with Crippen LogP contribution in [-0.4, -0.2) is 31.4 Å². The molecule has 2 heterocycles. The number of hydrogen-bond donors (Lipinski definition) is 2. The zero-order valence-electron chi connectivity index (χ0n) is 12.5. The van der Waals surface area contributed by atoms with Crippen molar-refractivity contribution in [2.45, 2.75) is 6.10 Å². The van der Waals surface area contributed by atoms with Gasteiger partial charge in [0.05, 0.1) is 17.4 Å². The third-order valence-electron chi connectivity index (χ3n) is 3.43. The van der Waals surface area contributed by atoms with E-state index in [1.54, 1.807) is 18.4 Å². The maximum absolute atomic E-state index is 10.3. The highest BCUT2D eigenvalue weighted by atomic mass is 35.5. The standard InChI is InChI=1S/C17H18ClNO4/c18-14-9-12(10-16-17(14)23-8-7-22-16)15(20)11-19-5-1-3-13-4-2-6-21-13/h1-4,6,9-10,15,19-20H,5,7-8,11H2/b3-1+/t15-/m0/s1. The van der Waals surface area contributed by atoms with Crippen LogP contribution < -0.4 is 14.8 Å². The number of aliphatic hydroxyl groups is 1. The van der Waals surface area contributed by atoms with Gasteiger partial charge >= 0.3 is 0 Å². The van der Waals surface area contributed by atoms with E-state index in [-0.39, 0.29) is 0 Å². The van der Waals surface area contributed by atoms with Crippen LogP contribution in [0.1, 0.15) is 17.4 Å². The van der Waals surface area contributed by atoms with Crippen molar-refractivity contribution in [1.82, 2.24) is 5.32 Å². The number of aliphatic hydroxyl groups excluding tert-OH is 1. The van der Waals surface area contributed by atoms with E-state index >= 15 is 0 Å². The molecule has 1 atom stereocenters. The Balaban J connectivity index is 1.54. The third kappa shape index (κ3) is 4.07. The van der Waals surface area contributed by atoms with Gasteiger partial charge in [0.15, 0.2) is 11.5 Å². The van der Waals surface area contributed by atoms with Crippen LogP contribution in [0, 0.1) is 0 Å². The van der Waals surface area contributed by atoms with Crippen LogP contribution in [0.25, 0.3) is 6.08 Å². The first-order valence-corrected chi connectivity index (χ1v) is 7.79. The molecule has 1 aromatic carbocycles. The molecular formula is C17H18ClNO4. The van der Waals surface area contributed by atoms with E-state index in [0.717, 1.165) is 5.76 Å². The van der Waals surface area contributed by atoms with Crippen LogP contribution in [0.3, 0.4) is 0 Å². The van der Waals surface area contributed by atoms with Gasteiger partial charge in [-0.05, 0) is 35.9 Å². The van der Waals surface area contributed by atoms with E-state index in [0.29, 0.717) is 48.4 Å². The number of hydrogen-bond acceptors (Lipinski definition) is 5. The summed E-state index contributed by atoms with van der Waals surface area (Å²) < 4.78 is 16.2. The summed E-state index contributed by atoms with van der Waals surface area (Å²) in [5, 5.41) is 13.9. The average Bonchev–Trinajstić information content (AvgIpc) is 3.07. The van der Waals surface area contributed by atoms with Gasteiger partial charge in [-0.2, -0.15) is 0 Å². The summed E-state index contributed by atoms with van der Waals surface area (Å²) in [4.78, 5) is 0. The summed E-state index contributed by atoms with van der Waals surface area (Å²) >= 11 is 6.17. The maximum Gasteiger partial charge on any atom is 0.179 e. The van der Waals surface area contributed by atoms with Gasteiger partial charge in [0.1, 0.15) is 19.0 Å². The normalized spacial score (nSPS) is 15.0. The second kappa shape index (κ2) is 7.55. The van der Waals surface area contributed by atoms with Crippen LogP contribution in [0.5, 0.6) is 11.5 Å². The maximum atomic E-state index is 10.3. The lowest BCUT2D eigenvalue weighted by atomic mass is 10.1. The number of halogens is 1. The number of fused-ring (bicyclic) bond motifs is 1. The molecule has 1 aliphatic rings. The summed E-state index contributed by atoms with van der Waals surface area (Å²) in [7, 11) is 0. The highest BCUT2D eigenvalue weighted by Gasteiger charge is 2.19. The summed E-state index contributed by atoms with van der Waals surface area (Å²) in [6.07, 6.45) is 4.76. The van der Waals surface area contributed by atoms with Crippen molar-refractivity contribution in [2.24, 2.45) is 0 Å². The fourth-order valence-corrected chi connectivity index (χ4v) is 2.58. The molecule has 3 rings (SSSR count). The minimum Gasteiger partial charge on any atom is -0.486 e. The van der Waals surface area contributed by atoms with Gasteiger partial charge in [-0.15, -0.1) is 0 Å². The molecule has 0 aliphatic carbocycles. The van der Waals surface area contributed by atoms with Crippen LogP contribution in [0.4, 0.5) is 0 Å². The second-order valence-corrected chi connectivity index (χ2v) is 5.53. The van der Waals surface area contributed by atoms with Crippen LogP contribution >= 0.6 is 11.6 Å². The number of furan rings is 1. The van der Waals surface area contributed by atoms with E-state index in [4.69, 9.17) is 25.5 Å². The molecule has 5 nitrogen and oxygen atoms in total. The predicted molar refractivity (Wildman–Crippen MR) is 88.0 cm³/mol. The molecule has 1 aliphatic heterocycles. The lowest BCUT2D eigenvalue weighted by Gasteiger charge is -2.21. The fourth-order valence-electron chi connectivity index (χ4n) is 2.31. The van der Waals surface area contributed by atoms with E-state index < -0.39 is 6.10 Å². The molecule has 122 valence electrons. The number of nitrogens with one attached hydrogen (secondary N) is 1. The van der Waals surface area contributed by atoms with Gasteiger partial charge < -0.3 is 24.3 Å². The monoisotopic (exact) mass is 335 g/mol. The minimum absolute atomic E-state index is 0.401. The quantitative estimate of drug-likeness (QED) is 0.794. The highest BCUT2D eigenvalue weighted by molar-refractivity contribution is 6.32. The Morgan fingerprint density at radius 2 is 2.17 bits per heavy atom. The Morgan fingerprint density at radius 3 is 3.00 bits per heavy atom. The van der Waals surface area contributed by atoms with Gasteiger partial charge in [-0.25, -0.2) is 0 Å². The summed E-state index contributed by atoms with van der Waals surface area (Å²) in [5.41, 5.74) is 0.696. The summed E-state index contributed by atoms with van der Waals surface area (Å²) in [6.45, 7) is 1.99. The topological polar surface area (TPSA) is 63.9 Å². The number of rotatable bonds is 6. The number of benzene rings is 1. The SMILES string of the molecule is O[C@@H](CNC/C=C/c1ccco1)c1cc(Cl)c2c(c1)OCCO2. The molecule has 0 fully saturated rings. The van der Waals surface area contributed by atoms with Crippen LogP contribution in [0.15, 0.2) is 41.0 Å². The van der Waals surface area contributed by atoms with E-state index in [2.05, 4.69) is 5.32 Å². The predicted octanol–water partition coefficient (Wildman–Crippen LogP) is 3.04. The Morgan fingerprint density at radius 1 is 1.30 bits per heavy atom. The Bertz CT molecular complexity index is 669. The van der Waals surface area contributed by atoms with Gasteiger partial charge in [-0.1, -0.05) is 17.7 Å². The molecule has 2 aromatic rings. The molecule has 0 radical (unpaired) electrons. The molecule has 0 saturated heterocycles. The molecule has 0 saturated carbocycles. The second-order valence-electron chi connectivity index (χ2n) is 5.12. The van der Waals surface area contributed by atoms with Gasteiger partial charge in [-0.3, -0.25) is 0 Å². The van der Waals surface area contributed by atoms with Gasteiger partial charge in [0, 0.05) is 13.1 Å². The Kier molecular flexibility index (Phi) is 5.23. The third-order valence-corrected chi connectivity index (χ3v) is 3.71. The van der Waals surface area contributed by atoms with E-state index in [1.807, 2.05) is 24.3 Å². The van der Waals surface area contributed by atoms with Crippen molar-refractivity contribution < 1.29 is 19.0 Å². The highest BCUT2D eigenvalue weighted by Crippen LogP contribution is 2.39. The summed E-state index contributed by atoms with van der Waals surface area (Å²) in [6, 6.07) is 7.19. The van der Waals surface area contributed by atoms with Gasteiger partial charge in [0.2, 0.25) is 0 Å². The lowest BCUT2D eigenvalue weighted by Crippen LogP contribution is -2.22. The molecule has 23 heavy (non-hydrogen) atoms. The fraction of sp³-hybridized carbons (Fsp3) is 0.294. The minimum atomic E-state index is -0.680. The average molecular weight is 336 g/mol. The van der Waals surface area contributed by atoms with Crippen molar-refractivity contribution >= 4 is 17.7 Å². The first-order chi connectivity index (χ1) is 11.2. The molecule has 0 bridgehead atoms. The zero-order chi connectivity index (χ0) is 16.1.